The topological polar surface area (TPSA) is 119 Å². The first kappa shape index (κ1) is 14.9. The average molecular weight is 326 g/mol. The molecule has 2 spiro atoms. The lowest BCUT2D eigenvalue weighted by Crippen LogP contribution is -2.65. The van der Waals surface area contributed by atoms with Gasteiger partial charge in [-0.05, 0) is 5.41 Å². The number of hydrogen-bond donors (Lipinski definition) is 2. The quantitative estimate of drug-likeness (QED) is 0.558. The maximum Gasteiger partial charge on any atom is 0.339 e. The predicted octanol–water partition coefficient (Wildman–Crippen LogP) is -0.744. The van der Waals surface area contributed by atoms with E-state index in [0.29, 0.717) is 0 Å². The van der Waals surface area contributed by atoms with Crippen LogP contribution in [0.1, 0.15) is 33.6 Å². The van der Waals surface area contributed by atoms with Crippen molar-refractivity contribution in [3.05, 3.63) is 0 Å². The van der Waals surface area contributed by atoms with Crippen LogP contribution in [-0.4, -0.2) is 52.2 Å². The maximum absolute atomic E-state index is 12.6. The van der Waals surface area contributed by atoms with E-state index < -0.39 is 58.3 Å². The van der Waals surface area contributed by atoms with Crippen LogP contribution in [0.4, 0.5) is 0 Å². The van der Waals surface area contributed by atoms with Crippen LogP contribution in [0.15, 0.2) is 0 Å². The number of esters is 3. The summed E-state index contributed by atoms with van der Waals surface area (Å²) in [5.74, 6) is -2.36. The standard InChI is InChI=1S/C15H18O8/c1-12(2,3)14(20)4-6-13(5-7(16)21-6)10(19)23-11-15(13,14)8(17)9(18)22-11/h6,8,11,17,20H,4-5H2,1-3H3/t6-,8+,11-,13-,14+,15?/m0/s1. The normalized spacial score (nSPS) is 51.0. The molecule has 1 unspecified atom stereocenters. The summed E-state index contributed by atoms with van der Waals surface area (Å²) < 4.78 is 15.5. The lowest BCUT2D eigenvalue weighted by atomic mass is 9.52. The minimum Gasteiger partial charge on any atom is -0.461 e. The monoisotopic (exact) mass is 326 g/mol. The van der Waals surface area contributed by atoms with E-state index in [-0.39, 0.29) is 12.8 Å². The zero-order valence-corrected chi connectivity index (χ0v) is 13.0. The summed E-state index contributed by atoms with van der Waals surface area (Å²) in [7, 11) is 0. The van der Waals surface area contributed by atoms with Gasteiger partial charge in [0.05, 0.1) is 12.0 Å². The second-order valence-corrected chi connectivity index (χ2v) is 7.89. The molecule has 0 radical (unpaired) electrons. The molecule has 23 heavy (non-hydrogen) atoms. The molecule has 4 fully saturated rings. The third-order valence-electron chi connectivity index (χ3n) is 6.22. The fraction of sp³-hybridized carbons (Fsp3) is 0.800. The summed E-state index contributed by atoms with van der Waals surface area (Å²) in [6.45, 7) is 5.19. The van der Waals surface area contributed by atoms with Crippen molar-refractivity contribution in [2.24, 2.45) is 16.2 Å². The Labute approximate surface area is 131 Å². The van der Waals surface area contributed by atoms with E-state index in [1.54, 1.807) is 20.8 Å². The molecule has 4 rings (SSSR count). The second kappa shape index (κ2) is 3.70. The van der Waals surface area contributed by atoms with Gasteiger partial charge in [-0.15, -0.1) is 0 Å². The van der Waals surface area contributed by atoms with E-state index in [1.165, 1.54) is 0 Å². The van der Waals surface area contributed by atoms with Gasteiger partial charge in [-0.2, -0.15) is 0 Å². The summed E-state index contributed by atoms with van der Waals surface area (Å²) >= 11 is 0. The van der Waals surface area contributed by atoms with Gasteiger partial charge in [0.25, 0.3) is 6.29 Å². The zero-order valence-electron chi connectivity index (χ0n) is 13.0. The van der Waals surface area contributed by atoms with Crippen molar-refractivity contribution in [2.75, 3.05) is 0 Å². The van der Waals surface area contributed by atoms with Gasteiger partial charge < -0.3 is 24.4 Å². The van der Waals surface area contributed by atoms with Gasteiger partial charge in [0.1, 0.15) is 16.9 Å². The Kier molecular flexibility index (Phi) is 2.39. The van der Waals surface area contributed by atoms with Gasteiger partial charge in [0, 0.05) is 6.42 Å². The summed E-state index contributed by atoms with van der Waals surface area (Å²) in [5, 5.41) is 22.2. The third-order valence-corrected chi connectivity index (χ3v) is 6.22. The highest BCUT2D eigenvalue weighted by Gasteiger charge is 2.92. The van der Waals surface area contributed by atoms with Crippen LogP contribution in [0.25, 0.3) is 0 Å². The molecule has 1 saturated carbocycles. The Hall–Kier alpha value is -1.67. The zero-order chi connectivity index (χ0) is 17.0. The molecule has 0 amide bonds. The predicted molar refractivity (Wildman–Crippen MR) is 70.4 cm³/mol. The number of hydrogen-bond acceptors (Lipinski definition) is 8. The smallest absolute Gasteiger partial charge is 0.339 e. The minimum absolute atomic E-state index is 0.0679. The van der Waals surface area contributed by atoms with Crippen molar-refractivity contribution in [3.63, 3.8) is 0 Å². The first-order valence-corrected chi connectivity index (χ1v) is 7.54. The van der Waals surface area contributed by atoms with E-state index in [4.69, 9.17) is 14.2 Å². The van der Waals surface area contributed by atoms with E-state index >= 15 is 0 Å². The van der Waals surface area contributed by atoms with Crippen molar-refractivity contribution in [2.45, 2.75) is 57.7 Å². The highest BCUT2D eigenvalue weighted by atomic mass is 16.7. The first-order chi connectivity index (χ1) is 10.5. The van der Waals surface area contributed by atoms with E-state index in [1.807, 2.05) is 0 Å². The van der Waals surface area contributed by atoms with Crippen LogP contribution in [0, 0.1) is 16.2 Å². The number of carbonyl (C=O) groups is 3. The van der Waals surface area contributed by atoms with Gasteiger partial charge in [0.15, 0.2) is 6.10 Å². The van der Waals surface area contributed by atoms with Crippen LogP contribution in [0.3, 0.4) is 0 Å². The van der Waals surface area contributed by atoms with Crippen molar-refractivity contribution in [1.29, 1.82) is 0 Å². The first-order valence-electron chi connectivity index (χ1n) is 7.54. The summed E-state index contributed by atoms with van der Waals surface area (Å²) in [6, 6.07) is 0. The SMILES string of the molecule is CC(C)(C)[C@]1(O)C[C@@H]2OC(=O)C[C@@]23C(=O)O[C@@H]2OC(=O)[C@@H](O)C213. The fourth-order valence-corrected chi connectivity index (χ4v) is 5.15. The van der Waals surface area contributed by atoms with Crippen LogP contribution >= 0.6 is 0 Å². The van der Waals surface area contributed by atoms with E-state index in [0.717, 1.165) is 0 Å². The van der Waals surface area contributed by atoms with Gasteiger partial charge in [0.2, 0.25) is 0 Å². The summed E-state index contributed by atoms with van der Waals surface area (Å²) in [5.41, 5.74) is -5.91. The average Bonchev–Trinajstić information content (AvgIpc) is 3.00. The molecular formula is C15H18O8. The lowest BCUT2D eigenvalue weighted by Gasteiger charge is -2.49. The lowest BCUT2D eigenvalue weighted by molar-refractivity contribution is -0.224. The summed E-state index contributed by atoms with van der Waals surface area (Å²) in [4.78, 5) is 36.5. The number of carbonyl (C=O) groups excluding carboxylic acids is 3. The maximum atomic E-state index is 12.6. The van der Waals surface area contributed by atoms with Crippen molar-refractivity contribution < 1.29 is 38.8 Å². The molecule has 0 aromatic heterocycles. The van der Waals surface area contributed by atoms with Crippen LogP contribution in [0.2, 0.25) is 0 Å². The molecule has 8 heteroatoms. The minimum atomic E-state index is -1.78. The Morgan fingerprint density at radius 2 is 1.78 bits per heavy atom. The highest BCUT2D eigenvalue weighted by molar-refractivity contribution is 5.94. The Morgan fingerprint density at radius 3 is 2.39 bits per heavy atom. The van der Waals surface area contributed by atoms with Crippen molar-refractivity contribution in [3.8, 4) is 0 Å². The molecule has 6 atom stereocenters. The Morgan fingerprint density at radius 1 is 1.13 bits per heavy atom. The molecule has 4 aliphatic rings. The molecule has 0 aromatic carbocycles. The van der Waals surface area contributed by atoms with Gasteiger partial charge >= 0.3 is 17.9 Å². The second-order valence-electron chi connectivity index (χ2n) is 7.89. The van der Waals surface area contributed by atoms with Gasteiger partial charge in [-0.25, -0.2) is 4.79 Å². The fourth-order valence-electron chi connectivity index (χ4n) is 5.15. The Bertz CT molecular complexity index is 650. The molecule has 2 N–H and O–H groups in total. The van der Waals surface area contributed by atoms with Crippen molar-refractivity contribution in [1.82, 2.24) is 0 Å². The van der Waals surface area contributed by atoms with E-state index in [9.17, 15) is 24.6 Å². The third kappa shape index (κ3) is 1.20. The summed E-state index contributed by atoms with van der Waals surface area (Å²) in [6.07, 6.45) is -4.58. The molecule has 3 saturated heterocycles. The van der Waals surface area contributed by atoms with Gasteiger partial charge in [-0.3, -0.25) is 9.59 Å². The molecular weight excluding hydrogens is 308 g/mol. The molecule has 0 aromatic rings. The van der Waals surface area contributed by atoms with Crippen LogP contribution in [0.5, 0.6) is 0 Å². The van der Waals surface area contributed by atoms with Crippen molar-refractivity contribution >= 4 is 17.9 Å². The highest BCUT2D eigenvalue weighted by Crippen LogP contribution is 2.75. The molecule has 3 aliphatic heterocycles. The molecule has 1 aliphatic carbocycles. The molecule has 3 heterocycles. The van der Waals surface area contributed by atoms with Crippen LogP contribution < -0.4 is 0 Å². The van der Waals surface area contributed by atoms with Gasteiger partial charge in [-0.1, -0.05) is 20.8 Å². The number of rotatable bonds is 0. The molecule has 126 valence electrons. The number of aliphatic hydroxyl groups excluding tert-OH is 1. The van der Waals surface area contributed by atoms with Crippen LogP contribution in [-0.2, 0) is 28.6 Å². The Balaban J connectivity index is 2.05. The largest absolute Gasteiger partial charge is 0.461 e. The number of aliphatic hydroxyl groups is 2. The molecule has 0 bridgehead atoms. The molecule has 8 nitrogen and oxygen atoms in total. The van der Waals surface area contributed by atoms with E-state index in [2.05, 4.69) is 0 Å². The number of ether oxygens (including phenoxy) is 3.